The van der Waals surface area contributed by atoms with E-state index in [0.717, 1.165) is 32.6 Å². The van der Waals surface area contributed by atoms with Crippen molar-refractivity contribution < 1.29 is 14.4 Å². The minimum atomic E-state index is 0.0713. The monoisotopic (exact) mass is 295 g/mol. The first-order chi connectivity index (χ1) is 10.2. The number of hydrogen-bond acceptors (Lipinski definition) is 5. The molecule has 0 aromatic rings. The highest BCUT2D eigenvalue weighted by atomic mass is 16.7. The second-order valence-corrected chi connectivity index (χ2v) is 6.28. The third kappa shape index (κ3) is 3.67. The summed E-state index contributed by atoms with van der Waals surface area (Å²) in [7, 11) is 0. The molecule has 0 radical (unpaired) electrons. The van der Waals surface area contributed by atoms with Crippen molar-refractivity contribution in [2.75, 3.05) is 39.3 Å². The Hall–Kier alpha value is -1.30. The van der Waals surface area contributed by atoms with Crippen LogP contribution in [0.25, 0.3) is 0 Å². The molecule has 0 saturated carbocycles. The molecule has 118 valence electrons. The number of amides is 1. The van der Waals surface area contributed by atoms with Gasteiger partial charge in [-0.2, -0.15) is 0 Å². The standard InChI is InChI=1S/C15H25N3O3/c1-12(19)18-8-5-13(9-18)15-16-20-11-14(21-15)10-17-6-3-2-4-7-17/h13-14H,2-11H2,1H3. The van der Waals surface area contributed by atoms with Crippen molar-refractivity contribution in [1.29, 1.82) is 0 Å². The molecular formula is C15H25N3O3. The maximum Gasteiger partial charge on any atom is 0.231 e. The Labute approximate surface area is 126 Å². The average molecular weight is 295 g/mol. The van der Waals surface area contributed by atoms with Crippen LogP contribution in [-0.2, 0) is 14.4 Å². The molecule has 0 bridgehead atoms. The van der Waals surface area contributed by atoms with Crippen molar-refractivity contribution in [3.8, 4) is 0 Å². The van der Waals surface area contributed by atoms with Crippen LogP contribution in [0.1, 0.15) is 32.6 Å². The average Bonchev–Trinajstić information content (AvgIpc) is 2.99. The van der Waals surface area contributed by atoms with Crippen LogP contribution in [0.5, 0.6) is 0 Å². The largest absolute Gasteiger partial charge is 0.470 e. The molecule has 1 amide bonds. The smallest absolute Gasteiger partial charge is 0.231 e. The van der Waals surface area contributed by atoms with Crippen LogP contribution in [0.3, 0.4) is 0 Å². The summed E-state index contributed by atoms with van der Waals surface area (Å²) in [5.41, 5.74) is 0. The van der Waals surface area contributed by atoms with Crippen LogP contribution in [-0.4, -0.2) is 67.0 Å². The molecule has 21 heavy (non-hydrogen) atoms. The molecule has 0 N–H and O–H groups in total. The number of ether oxygens (including phenoxy) is 1. The molecule has 2 saturated heterocycles. The van der Waals surface area contributed by atoms with Crippen LogP contribution < -0.4 is 0 Å². The molecular weight excluding hydrogens is 270 g/mol. The fourth-order valence-electron chi connectivity index (χ4n) is 3.35. The number of likely N-dealkylation sites (tertiary alicyclic amines) is 2. The quantitative estimate of drug-likeness (QED) is 0.781. The van der Waals surface area contributed by atoms with E-state index in [4.69, 9.17) is 9.57 Å². The number of rotatable bonds is 3. The number of piperidine rings is 1. The number of oxime groups is 1. The van der Waals surface area contributed by atoms with Gasteiger partial charge in [-0.15, -0.1) is 0 Å². The number of nitrogens with zero attached hydrogens (tertiary/aromatic N) is 3. The molecule has 3 aliphatic heterocycles. The predicted molar refractivity (Wildman–Crippen MR) is 78.9 cm³/mol. The fraction of sp³-hybridized carbons (Fsp3) is 0.867. The molecule has 3 rings (SSSR count). The van der Waals surface area contributed by atoms with Crippen LogP contribution in [0, 0.1) is 5.92 Å². The Kier molecular flexibility index (Phi) is 4.63. The van der Waals surface area contributed by atoms with Crippen molar-refractivity contribution in [2.45, 2.75) is 38.7 Å². The number of hydrogen-bond donors (Lipinski definition) is 0. The topological polar surface area (TPSA) is 54.4 Å². The molecule has 2 fully saturated rings. The van der Waals surface area contributed by atoms with E-state index in [1.54, 1.807) is 6.92 Å². The van der Waals surface area contributed by atoms with Crippen molar-refractivity contribution in [3.63, 3.8) is 0 Å². The molecule has 2 unspecified atom stereocenters. The molecule has 0 aromatic heterocycles. The Morgan fingerprint density at radius 3 is 2.81 bits per heavy atom. The predicted octanol–water partition coefficient (Wildman–Crippen LogP) is 1.07. The van der Waals surface area contributed by atoms with Crippen molar-refractivity contribution >= 4 is 11.8 Å². The van der Waals surface area contributed by atoms with Gasteiger partial charge in [0.1, 0.15) is 6.10 Å². The third-order valence-electron chi connectivity index (χ3n) is 4.60. The molecule has 0 aromatic carbocycles. The van der Waals surface area contributed by atoms with Gasteiger partial charge in [-0.3, -0.25) is 9.69 Å². The van der Waals surface area contributed by atoms with Gasteiger partial charge in [0.15, 0.2) is 6.61 Å². The zero-order valence-corrected chi connectivity index (χ0v) is 12.8. The summed E-state index contributed by atoms with van der Waals surface area (Å²) in [5.74, 6) is 1.00. The Balaban J connectivity index is 1.51. The maximum atomic E-state index is 11.4. The van der Waals surface area contributed by atoms with E-state index in [9.17, 15) is 4.79 Å². The molecule has 0 spiro atoms. The van der Waals surface area contributed by atoms with Gasteiger partial charge in [0.25, 0.3) is 0 Å². The lowest BCUT2D eigenvalue weighted by Crippen LogP contribution is -2.43. The minimum Gasteiger partial charge on any atom is -0.470 e. The number of carbonyl (C=O) groups excluding carboxylic acids is 1. The minimum absolute atomic E-state index is 0.0713. The van der Waals surface area contributed by atoms with Gasteiger partial charge in [-0.05, 0) is 32.4 Å². The highest BCUT2D eigenvalue weighted by molar-refractivity contribution is 5.81. The first-order valence-corrected chi connectivity index (χ1v) is 8.07. The highest BCUT2D eigenvalue weighted by Crippen LogP contribution is 2.22. The summed E-state index contributed by atoms with van der Waals surface area (Å²) in [6.07, 6.45) is 4.89. The van der Waals surface area contributed by atoms with Crippen molar-refractivity contribution in [2.24, 2.45) is 11.1 Å². The van der Waals surface area contributed by atoms with Crippen LogP contribution in [0.2, 0.25) is 0 Å². The van der Waals surface area contributed by atoms with E-state index in [2.05, 4.69) is 10.1 Å². The summed E-state index contributed by atoms with van der Waals surface area (Å²) in [4.78, 5) is 21.1. The van der Waals surface area contributed by atoms with E-state index < -0.39 is 0 Å². The summed E-state index contributed by atoms with van der Waals surface area (Å²) < 4.78 is 6.05. The molecule has 3 aliphatic rings. The molecule has 0 aliphatic carbocycles. The Morgan fingerprint density at radius 1 is 1.29 bits per heavy atom. The Bertz CT molecular complexity index is 407. The van der Waals surface area contributed by atoms with Crippen LogP contribution >= 0.6 is 0 Å². The van der Waals surface area contributed by atoms with E-state index in [1.165, 1.54) is 19.3 Å². The second kappa shape index (κ2) is 6.64. The summed E-state index contributed by atoms with van der Waals surface area (Å²) in [6.45, 7) is 6.88. The Morgan fingerprint density at radius 2 is 2.10 bits per heavy atom. The summed E-state index contributed by atoms with van der Waals surface area (Å²) in [6, 6.07) is 0. The first kappa shape index (κ1) is 14.6. The van der Waals surface area contributed by atoms with Gasteiger partial charge in [0, 0.05) is 26.6 Å². The van der Waals surface area contributed by atoms with Gasteiger partial charge in [-0.25, -0.2) is 0 Å². The van der Waals surface area contributed by atoms with E-state index in [1.807, 2.05) is 4.90 Å². The second-order valence-electron chi connectivity index (χ2n) is 6.28. The lowest BCUT2D eigenvalue weighted by molar-refractivity contribution is -0.127. The summed E-state index contributed by atoms with van der Waals surface area (Å²) >= 11 is 0. The lowest BCUT2D eigenvalue weighted by Gasteiger charge is -2.32. The first-order valence-electron chi connectivity index (χ1n) is 8.07. The van der Waals surface area contributed by atoms with E-state index >= 15 is 0 Å². The molecule has 3 heterocycles. The molecule has 6 heteroatoms. The van der Waals surface area contributed by atoms with Crippen molar-refractivity contribution in [1.82, 2.24) is 9.80 Å². The van der Waals surface area contributed by atoms with E-state index in [0.29, 0.717) is 19.0 Å². The maximum absolute atomic E-state index is 11.4. The normalized spacial score (nSPS) is 30.5. The van der Waals surface area contributed by atoms with Gasteiger partial charge >= 0.3 is 0 Å². The highest BCUT2D eigenvalue weighted by Gasteiger charge is 2.33. The SMILES string of the molecule is CC(=O)N1CCC(C2=NOCC(CN3CCCCC3)O2)C1. The molecule has 2 atom stereocenters. The van der Waals surface area contributed by atoms with Crippen LogP contribution in [0.4, 0.5) is 0 Å². The zero-order chi connectivity index (χ0) is 14.7. The van der Waals surface area contributed by atoms with E-state index in [-0.39, 0.29) is 17.9 Å². The summed E-state index contributed by atoms with van der Waals surface area (Å²) in [5, 5.41) is 4.09. The fourth-order valence-corrected chi connectivity index (χ4v) is 3.35. The van der Waals surface area contributed by atoms with Crippen molar-refractivity contribution in [3.05, 3.63) is 0 Å². The number of carbonyl (C=O) groups is 1. The van der Waals surface area contributed by atoms with Gasteiger partial charge in [0.2, 0.25) is 11.8 Å². The van der Waals surface area contributed by atoms with Gasteiger partial charge < -0.3 is 14.5 Å². The molecule has 6 nitrogen and oxygen atoms in total. The lowest BCUT2D eigenvalue weighted by atomic mass is 10.1. The van der Waals surface area contributed by atoms with Crippen LogP contribution in [0.15, 0.2) is 5.16 Å². The third-order valence-corrected chi connectivity index (χ3v) is 4.60. The zero-order valence-electron chi connectivity index (χ0n) is 12.8. The van der Waals surface area contributed by atoms with Gasteiger partial charge in [-0.1, -0.05) is 11.6 Å². The van der Waals surface area contributed by atoms with Gasteiger partial charge in [0.05, 0.1) is 5.92 Å².